The standard InChI is InChI=1S/C22H22FN3O/c1-26-17-11-12-19(26)20(18(13-17)14-7-9-16(23)10-8-14)22-24-21(25-27-22)15-5-3-2-4-6-15/h2-10,17-20H,11-13H2,1H3. The average molecular weight is 363 g/mol. The second kappa shape index (κ2) is 6.57. The predicted molar refractivity (Wildman–Crippen MR) is 101 cm³/mol. The molecule has 2 aliphatic heterocycles. The summed E-state index contributed by atoms with van der Waals surface area (Å²) >= 11 is 0. The van der Waals surface area contributed by atoms with E-state index < -0.39 is 0 Å². The molecule has 0 radical (unpaired) electrons. The topological polar surface area (TPSA) is 42.2 Å². The lowest BCUT2D eigenvalue weighted by Gasteiger charge is -2.41. The van der Waals surface area contributed by atoms with Crippen molar-refractivity contribution >= 4 is 0 Å². The molecule has 4 unspecified atom stereocenters. The average Bonchev–Trinajstić information content (AvgIpc) is 3.26. The molecule has 4 atom stereocenters. The molecule has 2 aliphatic rings. The number of aromatic nitrogens is 2. The van der Waals surface area contributed by atoms with Gasteiger partial charge in [-0.2, -0.15) is 4.98 Å². The van der Waals surface area contributed by atoms with Crippen LogP contribution in [0, 0.1) is 5.82 Å². The van der Waals surface area contributed by atoms with Gasteiger partial charge in [0.2, 0.25) is 11.7 Å². The predicted octanol–water partition coefficient (Wildman–Crippen LogP) is 4.61. The highest BCUT2D eigenvalue weighted by Gasteiger charge is 2.48. The van der Waals surface area contributed by atoms with E-state index in [0.717, 1.165) is 24.0 Å². The van der Waals surface area contributed by atoms with E-state index in [2.05, 4.69) is 17.1 Å². The molecule has 4 nitrogen and oxygen atoms in total. The minimum absolute atomic E-state index is 0.129. The number of piperidine rings is 1. The summed E-state index contributed by atoms with van der Waals surface area (Å²) in [6, 6.07) is 17.8. The molecule has 2 saturated heterocycles. The largest absolute Gasteiger partial charge is 0.339 e. The van der Waals surface area contributed by atoms with Gasteiger partial charge in [-0.3, -0.25) is 4.90 Å². The van der Waals surface area contributed by atoms with Crippen LogP contribution in [0.3, 0.4) is 0 Å². The molecule has 0 amide bonds. The Kier molecular flexibility index (Phi) is 4.05. The van der Waals surface area contributed by atoms with Gasteiger partial charge in [0.15, 0.2) is 0 Å². The molecule has 138 valence electrons. The smallest absolute Gasteiger partial charge is 0.232 e. The number of likely N-dealkylation sites (N-methyl/N-ethyl adjacent to an activating group) is 1. The van der Waals surface area contributed by atoms with Crippen molar-refractivity contribution in [2.24, 2.45) is 0 Å². The molecule has 27 heavy (non-hydrogen) atoms. The Morgan fingerprint density at radius 1 is 1.04 bits per heavy atom. The van der Waals surface area contributed by atoms with Crippen LogP contribution in [0.5, 0.6) is 0 Å². The Labute approximate surface area is 158 Å². The van der Waals surface area contributed by atoms with Crippen molar-refractivity contribution in [1.29, 1.82) is 0 Å². The van der Waals surface area contributed by atoms with Crippen molar-refractivity contribution in [1.82, 2.24) is 15.0 Å². The van der Waals surface area contributed by atoms with Crippen molar-refractivity contribution in [3.05, 3.63) is 71.9 Å². The summed E-state index contributed by atoms with van der Waals surface area (Å²) in [4.78, 5) is 7.24. The van der Waals surface area contributed by atoms with E-state index in [9.17, 15) is 4.39 Å². The number of hydrogen-bond donors (Lipinski definition) is 0. The lowest BCUT2D eigenvalue weighted by atomic mass is 9.76. The van der Waals surface area contributed by atoms with Gasteiger partial charge >= 0.3 is 0 Å². The highest BCUT2D eigenvalue weighted by molar-refractivity contribution is 5.53. The first-order valence-corrected chi connectivity index (χ1v) is 9.57. The van der Waals surface area contributed by atoms with Crippen LogP contribution in [0.25, 0.3) is 11.4 Å². The van der Waals surface area contributed by atoms with Gasteiger partial charge in [0.25, 0.3) is 0 Å². The molecule has 2 bridgehead atoms. The Bertz CT molecular complexity index is 924. The van der Waals surface area contributed by atoms with E-state index in [1.807, 2.05) is 42.5 Å². The van der Waals surface area contributed by atoms with E-state index in [4.69, 9.17) is 9.51 Å². The highest BCUT2D eigenvalue weighted by Crippen LogP contribution is 2.50. The number of hydrogen-bond acceptors (Lipinski definition) is 4. The van der Waals surface area contributed by atoms with Crippen molar-refractivity contribution in [2.75, 3.05) is 7.05 Å². The zero-order valence-corrected chi connectivity index (χ0v) is 15.3. The van der Waals surface area contributed by atoms with Crippen LogP contribution in [0.1, 0.15) is 42.6 Å². The maximum Gasteiger partial charge on any atom is 0.232 e. The Morgan fingerprint density at radius 3 is 2.59 bits per heavy atom. The second-order valence-corrected chi connectivity index (χ2v) is 7.71. The summed E-state index contributed by atoms with van der Waals surface area (Å²) in [6.07, 6.45) is 3.36. The summed E-state index contributed by atoms with van der Waals surface area (Å²) in [5.41, 5.74) is 2.12. The molecule has 5 rings (SSSR count). The van der Waals surface area contributed by atoms with Crippen LogP contribution in [-0.4, -0.2) is 34.2 Å². The quantitative estimate of drug-likeness (QED) is 0.681. The molecule has 1 aromatic heterocycles. The molecule has 3 heterocycles. The molecule has 5 heteroatoms. The molecular formula is C22H22FN3O. The normalized spacial score (nSPS) is 27.8. The van der Waals surface area contributed by atoms with Gasteiger partial charge in [-0.25, -0.2) is 4.39 Å². The van der Waals surface area contributed by atoms with E-state index in [1.165, 1.54) is 6.42 Å². The minimum Gasteiger partial charge on any atom is -0.339 e. The third-order valence-electron chi connectivity index (χ3n) is 6.33. The van der Waals surface area contributed by atoms with Crippen molar-refractivity contribution in [2.45, 2.75) is 43.2 Å². The number of nitrogens with zero attached hydrogens (tertiary/aromatic N) is 3. The molecule has 2 fully saturated rings. The zero-order valence-electron chi connectivity index (χ0n) is 15.3. The van der Waals surface area contributed by atoms with Gasteiger partial charge in [-0.1, -0.05) is 47.6 Å². The number of rotatable bonds is 3. The van der Waals surface area contributed by atoms with E-state index in [1.54, 1.807) is 12.1 Å². The molecule has 0 spiro atoms. The van der Waals surface area contributed by atoms with E-state index in [0.29, 0.717) is 23.8 Å². The molecular weight excluding hydrogens is 341 g/mol. The van der Waals surface area contributed by atoms with Gasteiger partial charge in [0, 0.05) is 17.6 Å². The summed E-state index contributed by atoms with van der Waals surface area (Å²) in [5, 5.41) is 4.25. The van der Waals surface area contributed by atoms with Gasteiger partial charge in [0.05, 0.1) is 5.92 Å². The number of fused-ring (bicyclic) bond motifs is 2. The van der Waals surface area contributed by atoms with Crippen LogP contribution in [0.4, 0.5) is 4.39 Å². The van der Waals surface area contributed by atoms with Crippen molar-refractivity contribution < 1.29 is 8.91 Å². The number of halogens is 1. The van der Waals surface area contributed by atoms with E-state index in [-0.39, 0.29) is 17.7 Å². The maximum atomic E-state index is 13.4. The van der Waals surface area contributed by atoms with Crippen LogP contribution in [0.2, 0.25) is 0 Å². The first-order chi connectivity index (χ1) is 13.2. The molecule has 2 aromatic carbocycles. The molecule has 0 aliphatic carbocycles. The molecule has 0 N–H and O–H groups in total. The fraction of sp³-hybridized carbons (Fsp3) is 0.364. The fourth-order valence-corrected chi connectivity index (χ4v) is 4.93. The monoisotopic (exact) mass is 363 g/mol. The summed E-state index contributed by atoms with van der Waals surface area (Å²) in [5.74, 6) is 1.52. The Morgan fingerprint density at radius 2 is 1.81 bits per heavy atom. The van der Waals surface area contributed by atoms with Gasteiger partial charge < -0.3 is 4.52 Å². The van der Waals surface area contributed by atoms with Crippen molar-refractivity contribution in [3.8, 4) is 11.4 Å². The van der Waals surface area contributed by atoms with E-state index >= 15 is 0 Å². The lowest BCUT2D eigenvalue weighted by molar-refractivity contribution is 0.120. The SMILES string of the molecule is CN1C2CCC1C(c1nc(-c3ccccc3)no1)C(c1ccc(F)cc1)C2. The maximum absolute atomic E-state index is 13.4. The molecule has 0 saturated carbocycles. The van der Waals surface area contributed by atoms with Crippen LogP contribution >= 0.6 is 0 Å². The fourth-order valence-electron chi connectivity index (χ4n) is 4.93. The van der Waals surface area contributed by atoms with Crippen LogP contribution in [-0.2, 0) is 0 Å². The first kappa shape index (κ1) is 16.6. The summed E-state index contributed by atoms with van der Waals surface area (Å²) in [7, 11) is 2.20. The highest BCUT2D eigenvalue weighted by atomic mass is 19.1. The lowest BCUT2D eigenvalue weighted by Crippen LogP contribution is -2.44. The zero-order chi connectivity index (χ0) is 18.4. The van der Waals surface area contributed by atoms with Crippen molar-refractivity contribution in [3.63, 3.8) is 0 Å². The van der Waals surface area contributed by atoms with Gasteiger partial charge in [-0.15, -0.1) is 0 Å². The summed E-state index contributed by atoms with van der Waals surface area (Å²) in [6.45, 7) is 0. The first-order valence-electron chi connectivity index (χ1n) is 9.57. The Hall–Kier alpha value is -2.53. The third kappa shape index (κ3) is 2.86. The second-order valence-electron chi connectivity index (χ2n) is 7.71. The number of benzene rings is 2. The minimum atomic E-state index is -0.199. The summed E-state index contributed by atoms with van der Waals surface area (Å²) < 4.78 is 19.2. The third-order valence-corrected chi connectivity index (χ3v) is 6.33. The van der Waals surface area contributed by atoms with Crippen LogP contribution in [0.15, 0.2) is 59.1 Å². The van der Waals surface area contributed by atoms with Gasteiger partial charge in [0.1, 0.15) is 5.82 Å². The van der Waals surface area contributed by atoms with Crippen LogP contribution < -0.4 is 0 Å². The Balaban J connectivity index is 1.54. The van der Waals surface area contributed by atoms with Gasteiger partial charge in [-0.05, 0) is 49.9 Å². The molecule has 3 aromatic rings.